The van der Waals surface area contributed by atoms with E-state index in [4.69, 9.17) is 95.4 Å². The van der Waals surface area contributed by atoms with Gasteiger partial charge in [-0.15, -0.1) is 0 Å². The zero-order valence-electron chi connectivity index (χ0n) is 78.9. The summed E-state index contributed by atoms with van der Waals surface area (Å²) in [6.45, 7) is 6.52. The van der Waals surface area contributed by atoms with Crippen LogP contribution in [-0.2, 0) is 87.8 Å². The molecule has 19 N–H and O–H groups in total. The number of benzene rings is 6. The molecular weight excluding hydrogens is 1950 g/mol. The number of hydrogen-bond acceptors (Lipinski definition) is 38. The van der Waals surface area contributed by atoms with Crippen molar-refractivity contribution >= 4 is 148 Å². The van der Waals surface area contributed by atoms with Crippen LogP contribution >= 0.6 is 0 Å². The molecule has 0 radical (unpaired) electrons. The van der Waals surface area contributed by atoms with Gasteiger partial charge in [0.15, 0.2) is 54.3 Å². The van der Waals surface area contributed by atoms with Gasteiger partial charge >= 0.3 is 95.6 Å². The van der Waals surface area contributed by atoms with Crippen LogP contribution in [0, 0.1) is 5.92 Å². The van der Waals surface area contributed by atoms with Gasteiger partial charge in [-0.25, -0.2) is 73.2 Å². The highest BCUT2D eigenvalue weighted by atomic mass is 16.6. The maximum Gasteiger partial charge on any atom is 0.344 e. The van der Waals surface area contributed by atoms with Gasteiger partial charge in [0.2, 0.25) is 23.5 Å². The van der Waals surface area contributed by atoms with E-state index in [9.17, 15) is 86.3 Å². The zero-order chi connectivity index (χ0) is 110. The van der Waals surface area contributed by atoms with Crippen molar-refractivity contribution in [3.63, 3.8) is 0 Å². The third-order valence-electron chi connectivity index (χ3n) is 18.0. The Bertz CT molecular complexity index is 5920. The second-order valence-electron chi connectivity index (χ2n) is 29.3. The van der Waals surface area contributed by atoms with Crippen molar-refractivity contribution in [1.82, 2.24) is 34.9 Å². The van der Waals surface area contributed by atoms with Crippen LogP contribution < -0.4 is 70.5 Å². The number of fused-ring (bicyclic) bond motifs is 1. The van der Waals surface area contributed by atoms with Gasteiger partial charge in [0.05, 0.1) is 55.8 Å². The van der Waals surface area contributed by atoms with Crippen LogP contribution in [0.25, 0.3) is 0 Å². The third-order valence-corrected chi connectivity index (χ3v) is 18.0. The highest BCUT2D eigenvalue weighted by molar-refractivity contribution is 5.99. The van der Waals surface area contributed by atoms with Crippen LogP contribution in [0.4, 0.5) is 40.3 Å². The molecule has 0 saturated carbocycles. The number of carbonyl (C=O) groups excluding carboxylic acids is 6. The van der Waals surface area contributed by atoms with Gasteiger partial charge in [0.25, 0.3) is 5.91 Å². The van der Waals surface area contributed by atoms with E-state index < -0.39 is 157 Å². The van der Waals surface area contributed by atoms with E-state index in [0.717, 1.165) is 24.8 Å². The van der Waals surface area contributed by atoms with Crippen molar-refractivity contribution in [2.45, 2.75) is 96.9 Å². The molecule has 8 unspecified atom stereocenters. The fraction of sp³-hybridized carbons (Fsp3) is 0.245. The number of nitrogens with two attached hydrogens (primary N) is 1. The highest BCUT2D eigenvalue weighted by Gasteiger charge is 2.35. The Kier molecular flexibility index (Phi) is 50.6. The number of rotatable bonds is 42. The van der Waals surface area contributed by atoms with Crippen molar-refractivity contribution in [3.8, 4) is 34.8 Å². The third kappa shape index (κ3) is 44.9. The fourth-order valence-electron chi connectivity index (χ4n) is 10.8. The lowest BCUT2D eigenvalue weighted by Crippen LogP contribution is -2.38. The number of esters is 3. The molecule has 53 nitrogen and oxygen atoms in total. The van der Waals surface area contributed by atoms with Gasteiger partial charge < -0.3 is 141 Å². The summed E-state index contributed by atoms with van der Waals surface area (Å²) in [4.78, 5) is 228. The van der Waals surface area contributed by atoms with Crippen molar-refractivity contribution in [3.05, 3.63) is 242 Å². The van der Waals surface area contributed by atoms with E-state index in [1.807, 2.05) is 24.3 Å². The number of aromatic nitrogens is 7. The smallest absolute Gasteiger partial charge is 0.344 e. The molecule has 0 bridgehead atoms. The summed E-state index contributed by atoms with van der Waals surface area (Å²) in [5.74, 6) is -17.8. The summed E-state index contributed by atoms with van der Waals surface area (Å²) in [7, 11) is 2.35. The number of methoxy groups -OCH3 is 2. The first-order valence-electron chi connectivity index (χ1n) is 42.5. The lowest BCUT2D eigenvalue weighted by molar-refractivity contribution is -0.154. The number of ether oxygens (including phenoxy) is 8. The zero-order valence-corrected chi connectivity index (χ0v) is 78.9. The molecule has 1 aliphatic heterocycles. The average molecular weight is 2050 g/mol. The predicted molar refractivity (Wildman–Crippen MR) is 510 cm³/mol. The van der Waals surface area contributed by atoms with Crippen LogP contribution in [0.1, 0.15) is 84.6 Å². The number of aliphatic carboxylic acids is 12. The molecule has 0 saturated heterocycles. The number of pyridine rings is 1. The summed E-state index contributed by atoms with van der Waals surface area (Å²) in [6.07, 6.45) is 4.64. The lowest BCUT2D eigenvalue weighted by Gasteiger charge is -2.22. The number of primary amides is 1. The number of carboxylic acid groups (broad SMARTS) is 12. The maximum absolute atomic E-state index is 12.0. The summed E-state index contributed by atoms with van der Waals surface area (Å²) >= 11 is 0. The van der Waals surface area contributed by atoms with E-state index >= 15 is 0 Å². The minimum Gasteiger partial charge on any atom is -0.481 e. The molecule has 0 aliphatic carbocycles. The molecule has 4 aromatic heterocycles. The summed E-state index contributed by atoms with van der Waals surface area (Å²) < 4.78 is 39.5. The van der Waals surface area contributed by atoms with Crippen LogP contribution in [-0.4, -0.2) is 293 Å². The number of amides is 3. The maximum atomic E-state index is 12.0. The van der Waals surface area contributed by atoms with Gasteiger partial charge in [0.1, 0.15) is 61.4 Å². The molecule has 53 heteroatoms. The molecule has 3 amide bonds. The number of anilines is 7. The molecule has 0 fully saturated rings. The van der Waals surface area contributed by atoms with E-state index in [0.29, 0.717) is 39.9 Å². The van der Waals surface area contributed by atoms with Crippen LogP contribution in [0.5, 0.6) is 34.8 Å². The van der Waals surface area contributed by atoms with Crippen LogP contribution in [0.2, 0.25) is 0 Å². The van der Waals surface area contributed by atoms with Crippen molar-refractivity contribution < 1.29 is 185 Å². The van der Waals surface area contributed by atoms with Crippen LogP contribution in [0.15, 0.2) is 219 Å². The molecule has 11 rings (SSSR count). The fourth-order valence-corrected chi connectivity index (χ4v) is 10.8. The van der Waals surface area contributed by atoms with Gasteiger partial charge in [-0.05, 0) is 150 Å². The second kappa shape index (κ2) is 62.3. The lowest BCUT2D eigenvalue weighted by atomic mass is 9.96. The minimum absolute atomic E-state index is 0.0763. The monoisotopic (exact) mass is 2050 g/mol. The molecule has 147 heavy (non-hydrogen) atoms. The molecule has 780 valence electrons. The standard InChI is InChI=1S/C17H20O11.C15H15N3O3.C14H14N4O3.C12H13NO6.C10H14N4O4.C10H8O4.C9H9NO4.C7H8N2O3/c1-7(14(18)19)26-11-5-10(17(24)25-4)6-12(27-8(2)15(20)21)13(11)28-9(3)16(22)23;19-14(17-12-6-2-1-3-7-12)10-18(11-15(20)21)13-8-4-5-9-16-13;19-12(17-11-5-2-1-3-6-11)9-18(10-13(20)21)14-15-7-4-8-16-14;1-19-12(18)7-2-4-8(5-3-7)13-9(11(16)17)6-10(14)15;1-5(9(15)16)13-7-3-11-4-12-8(7)14-6(2)10(17)18;11-9(12)7-5-6-3-1-2-4-8(6)14-10(7)13;10-9(13)6-3-1-2-4-7(6)14-5-8(11)12;1-5(6(10)11)12-7-8-3-2-4-9-7/h5-9H,1-4H3,(H,18,19)(H,20,21)(H,22,23);1-9H,10-11H2,(H,17,19)(H,20,21);1-8H,9-10H2,(H,17,19)(H,20,21);2-5,9,13H,6H2,1H3,(H,14,15)(H,16,17);3-6,13H,1-2H3,(H,15,16)(H,17,18)(H,11,12,14);1-4,7H,5H2,(H,11,12);1-4H,5H2,(H2,10,13)(H,11,12);2-5H,1H3,(H,10,11). The molecule has 10 aromatic rings. The van der Waals surface area contributed by atoms with E-state index in [2.05, 4.69) is 70.9 Å². The molecular formula is C94H101N15O38. The first-order chi connectivity index (χ1) is 69.6. The van der Waals surface area contributed by atoms with E-state index in [-0.39, 0.29) is 96.3 Å². The molecule has 5 heterocycles. The molecule has 0 spiro atoms. The van der Waals surface area contributed by atoms with Crippen molar-refractivity contribution in [2.24, 2.45) is 11.7 Å². The Morgan fingerprint density at radius 3 is 1.37 bits per heavy atom. The average Bonchev–Trinajstić information content (AvgIpc) is 0.788. The summed E-state index contributed by atoms with van der Waals surface area (Å²) in [5.41, 5.74) is 8.20. The van der Waals surface area contributed by atoms with Gasteiger partial charge in [-0.2, -0.15) is 0 Å². The van der Waals surface area contributed by atoms with Gasteiger partial charge in [0, 0.05) is 54.5 Å². The number of carboxylic acids is 12. The van der Waals surface area contributed by atoms with Gasteiger partial charge in [-0.1, -0.05) is 72.8 Å². The number of nitrogens with one attached hydrogen (secondary N) is 5. The number of nitrogens with zero attached hydrogens (tertiary/aromatic N) is 9. The first kappa shape index (κ1) is 119. The van der Waals surface area contributed by atoms with Gasteiger partial charge in [-0.3, -0.25) is 47.9 Å². The van der Waals surface area contributed by atoms with Crippen molar-refractivity contribution in [2.75, 3.05) is 83.4 Å². The topological polar surface area (TPSA) is 807 Å². The number of carbonyl (C=O) groups is 18. The molecule has 6 aromatic carbocycles. The summed E-state index contributed by atoms with van der Waals surface area (Å²) in [6, 6.07) is 44.6. The summed E-state index contributed by atoms with van der Waals surface area (Å²) in [5, 5.41) is 119. The largest absolute Gasteiger partial charge is 0.481 e. The quantitative estimate of drug-likeness (QED) is 0.0116. The minimum atomic E-state index is -1.42. The predicted octanol–water partition coefficient (Wildman–Crippen LogP) is 6.13. The Labute approximate surface area is 832 Å². The first-order valence-corrected chi connectivity index (χ1v) is 42.5. The Balaban J connectivity index is 0.000000354. The Morgan fingerprint density at radius 1 is 0.435 bits per heavy atom. The highest BCUT2D eigenvalue weighted by Crippen LogP contribution is 2.41. The number of hydrogen-bond donors (Lipinski definition) is 18. The molecule has 1 aliphatic rings. The number of para-hydroxylation sites is 4. The van der Waals surface area contributed by atoms with Crippen molar-refractivity contribution in [1.29, 1.82) is 0 Å². The normalized spacial score (nSPS) is 12.3. The Morgan fingerprint density at radius 2 is 0.898 bits per heavy atom. The SMILES string of the molecule is CC(Nc1cncnc1NC(C)C(=O)O)C(=O)O.CC(Oc1ncccn1)C(=O)O.COC(=O)c1cc(OC(C)C(=O)O)c(OC(C)C(=O)O)c(OC(C)C(=O)O)c1.COC(=O)c1ccc(NC(CC(=O)O)C(=O)O)cc1.NC(=O)c1ccccc1OCC(=O)O.O=C(O)C1Cc2ccccc2OC1=O.O=C(O)CN(CC(=O)Nc1ccccc1)c1ccccn1.O=C(O)CN(CC(=O)Nc1ccccc1)c1ncccn1. The molecule has 8 atom stereocenters. The van der Waals surface area contributed by atoms with E-state index in [1.54, 1.807) is 109 Å². The van der Waals surface area contributed by atoms with E-state index in [1.165, 1.54) is 132 Å². The second-order valence-corrected chi connectivity index (χ2v) is 29.3. The Hall–Kier alpha value is -19.8. The van der Waals surface area contributed by atoms with Crippen LogP contribution in [0.3, 0.4) is 0 Å².